The third-order valence-electron chi connectivity index (χ3n) is 3.38. The van der Waals surface area contributed by atoms with E-state index in [1.54, 1.807) is 0 Å². The first-order valence-electron chi connectivity index (χ1n) is 4.69. The molecule has 2 saturated heterocycles. The molecule has 2 heteroatoms. The van der Waals surface area contributed by atoms with Gasteiger partial charge >= 0.3 is 0 Å². The van der Waals surface area contributed by atoms with Crippen molar-refractivity contribution in [3.05, 3.63) is 0 Å². The van der Waals surface area contributed by atoms with Gasteiger partial charge in [0.1, 0.15) is 0 Å². The highest BCUT2D eigenvalue weighted by molar-refractivity contribution is 4.92. The third-order valence-corrected chi connectivity index (χ3v) is 3.38. The third kappa shape index (κ3) is 1.18. The number of hydrogen-bond donors (Lipinski definition) is 1. The van der Waals surface area contributed by atoms with E-state index in [0.717, 1.165) is 12.5 Å². The van der Waals surface area contributed by atoms with Crippen LogP contribution in [-0.4, -0.2) is 35.2 Å². The maximum absolute atomic E-state index is 9.70. The Morgan fingerprint density at radius 3 is 2.82 bits per heavy atom. The van der Waals surface area contributed by atoms with Gasteiger partial charge in [0.25, 0.3) is 0 Å². The molecule has 2 bridgehead atoms. The molecule has 2 heterocycles. The number of likely N-dealkylation sites (N-methyl/N-ethyl adjacent to an activating group) is 1. The Bertz CT molecular complexity index is 148. The van der Waals surface area contributed by atoms with Crippen molar-refractivity contribution in [3.63, 3.8) is 0 Å². The van der Waals surface area contributed by atoms with Crippen molar-refractivity contribution >= 4 is 0 Å². The Morgan fingerprint density at radius 2 is 2.00 bits per heavy atom. The van der Waals surface area contributed by atoms with Crippen LogP contribution in [0.5, 0.6) is 0 Å². The van der Waals surface area contributed by atoms with Crippen molar-refractivity contribution < 1.29 is 5.11 Å². The van der Waals surface area contributed by atoms with E-state index in [9.17, 15) is 5.11 Å². The van der Waals surface area contributed by atoms with Gasteiger partial charge in [0.15, 0.2) is 0 Å². The fourth-order valence-corrected chi connectivity index (χ4v) is 2.61. The van der Waals surface area contributed by atoms with E-state index in [2.05, 4.69) is 11.9 Å². The number of aliphatic hydroxyl groups excluding tert-OH is 1. The number of aliphatic hydroxyl groups is 1. The Balaban J connectivity index is 2.12. The average molecular weight is 155 g/mol. The van der Waals surface area contributed by atoms with Gasteiger partial charge in [-0.1, -0.05) is 0 Å². The number of hydrogen-bond acceptors (Lipinski definition) is 2. The SMILES string of the molecule is CN1[C@H]2CCC[C@@H](O)[C@@H]1CC2. The molecule has 0 amide bonds. The fraction of sp³-hybridized carbons (Fsp3) is 1.00. The first-order valence-corrected chi connectivity index (χ1v) is 4.69. The Kier molecular flexibility index (Phi) is 1.90. The summed E-state index contributed by atoms with van der Waals surface area (Å²) in [6.45, 7) is 0. The lowest BCUT2D eigenvalue weighted by atomic mass is 9.99. The van der Waals surface area contributed by atoms with Crippen LogP contribution < -0.4 is 0 Å². The van der Waals surface area contributed by atoms with Crippen molar-refractivity contribution in [2.24, 2.45) is 0 Å². The van der Waals surface area contributed by atoms with Crippen LogP contribution in [0, 0.1) is 0 Å². The molecule has 0 aromatic heterocycles. The molecular formula is C9H17NO. The molecule has 0 aromatic rings. The molecule has 0 spiro atoms. The monoisotopic (exact) mass is 155 g/mol. The predicted octanol–water partition coefficient (Wildman–Crippen LogP) is 0.994. The molecule has 0 unspecified atom stereocenters. The highest BCUT2D eigenvalue weighted by Gasteiger charge is 2.36. The van der Waals surface area contributed by atoms with Crippen LogP contribution in [0.4, 0.5) is 0 Å². The van der Waals surface area contributed by atoms with Crippen LogP contribution in [0.2, 0.25) is 0 Å². The second kappa shape index (κ2) is 2.76. The first-order chi connectivity index (χ1) is 5.29. The maximum Gasteiger partial charge on any atom is 0.0695 e. The topological polar surface area (TPSA) is 23.5 Å². The summed E-state index contributed by atoms with van der Waals surface area (Å²) < 4.78 is 0. The molecule has 0 saturated carbocycles. The molecule has 2 nitrogen and oxygen atoms in total. The molecule has 2 aliphatic heterocycles. The van der Waals surface area contributed by atoms with Crippen LogP contribution in [0.3, 0.4) is 0 Å². The summed E-state index contributed by atoms with van der Waals surface area (Å²) in [6.07, 6.45) is 6.00. The summed E-state index contributed by atoms with van der Waals surface area (Å²) in [6, 6.07) is 1.25. The van der Waals surface area contributed by atoms with Crippen molar-refractivity contribution in [2.75, 3.05) is 7.05 Å². The molecule has 3 atom stereocenters. The summed E-state index contributed by atoms with van der Waals surface area (Å²) in [7, 11) is 2.16. The Morgan fingerprint density at radius 1 is 1.18 bits per heavy atom. The number of fused-ring (bicyclic) bond motifs is 2. The van der Waals surface area contributed by atoms with E-state index in [1.807, 2.05) is 0 Å². The zero-order valence-corrected chi connectivity index (χ0v) is 7.16. The summed E-state index contributed by atoms with van der Waals surface area (Å²) in [5, 5.41) is 9.70. The minimum absolute atomic E-state index is 0.0486. The van der Waals surface area contributed by atoms with Crippen molar-refractivity contribution in [2.45, 2.75) is 50.3 Å². The van der Waals surface area contributed by atoms with Gasteiger partial charge in [-0.15, -0.1) is 0 Å². The molecular weight excluding hydrogens is 138 g/mol. The number of rotatable bonds is 0. The van der Waals surface area contributed by atoms with E-state index in [1.165, 1.54) is 25.7 Å². The lowest BCUT2D eigenvalue weighted by Gasteiger charge is -2.25. The normalized spacial score (nSPS) is 45.8. The van der Waals surface area contributed by atoms with Crippen molar-refractivity contribution in [1.29, 1.82) is 0 Å². The van der Waals surface area contributed by atoms with Gasteiger partial charge < -0.3 is 5.11 Å². The molecule has 0 radical (unpaired) electrons. The van der Waals surface area contributed by atoms with Gasteiger partial charge in [0, 0.05) is 12.1 Å². The minimum Gasteiger partial charge on any atom is -0.391 e. The van der Waals surface area contributed by atoms with Crippen molar-refractivity contribution in [3.8, 4) is 0 Å². The van der Waals surface area contributed by atoms with Crippen LogP contribution in [0.1, 0.15) is 32.1 Å². The lowest BCUT2D eigenvalue weighted by Crippen LogP contribution is -2.37. The molecule has 2 fully saturated rings. The second-order valence-corrected chi connectivity index (χ2v) is 3.96. The average Bonchev–Trinajstić information content (AvgIpc) is 2.23. The Labute approximate surface area is 68.2 Å². The minimum atomic E-state index is -0.0486. The quantitative estimate of drug-likeness (QED) is 0.564. The van der Waals surface area contributed by atoms with Gasteiger partial charge in [-0.25, -0.2) is 0 Å². The van der Waals surface area contributed by atoms with Gasteiger partial charge in [0.2, 0.25) is 0 Å². The highest BCUT2D eigenvalue weighted by atomic mass is 16.3. The molecule has 1 N–H and O–H groups in total. The van der Waals surface area contributed by atoms with Crippen LogP contribution >= 0.6 is 0 Å². The molecule has 2 rings (SSSR count). The Hall–Kier alpha value is -0.0800. The largest absolute Gasteiger partial charge is 0.391 e. The summed E-state index contributed by atoms with van der Waals surface area (Å²) in [4.78, 5) is 2.39. The lowest BCUT2D eigenvalue weighted by molar-refractivity contribution is 0.0808. The zero-order chi connectivity index (χ0) is 7.84. The maximum atomic E-state index is 9.70. The van der Waals surface area contributed by atoms with Crippen molar-refractivity contribution in [1.82, 2.24) is 4.90 Å². The number of nitrogens with zero attached hydrogens (tertiary/aromatic N) is 1. The van der Waals surface area contributed by atoms with Gasteiger partial charge in [-0.2, -0.15) is 0 Å². The highest BCUT2D eigenvalue weighted by Crippen LogP contribution is 2.32. The van der Waals surface area contributed by atoms with E-state index in [0.29, 0.717) is 6.04 Å². The molecule has 0 aliphatic carbocycles. The predicted molar refractivity (Wildman–Crippen MR) is 44.4 cm³/mol. The molecule has 2 aliphatic rings. The van der Waals surface area contributed by atoms with Gasteiger partial charge in [0.05, 0.1) is 6.10 Å². The van der Waals surface area contributed by atoms with Crippen LogP contribution in [0.25, 0.3) is 0 Å². The second-order valence-electron chi connectivity index (χ2n) is 3.96. The van der Waals surface area contributed by atoms with Gasteiger partial charge in [-0.05, 0) is 39.2 Å². The van der Waals surface area contributed by atoms with Crippen LogP contribution in [0.15, 0.2) is 0 Å². The molecule has 11 heavy (non-hydrogen) atoms. The summed E-state index contributed by atoms with van der Waals surface area (Å²) in [5.41, 5.74) is 0. The fourth-order valence-electron chi connectivity index (χ4n) is 2.61. The first kappa shape index (κ1) is 7.56. The van der Waals surface area contributed by atoms with Gasteiger partial charge in [-0.3, -0.25) is 4.90 Å². The van der Waals surface area contributed by atoms with E-state index < -0.39 is 0 Å². The summed E-state index contributed by atoms with van der Waals surface area (Å²) >= 11 is 0. The zero-order valence-electron chi connectivity index (χ0n) is 7.16. The summed E-state index contributed by atoms with van der Waals surface area (Å²) in [5.74, 6) is 0. The van der Waals surface area contributed by atoms with Crippen LogP contribution in [-0.2, 0) is 0 Å². The van der Waals surface area contributed by atoms with E-state index in [4.69, 9.17) is 0 Å². The smallest absolute Gasteiger partial charge is 0.0695 e. The molecule has 0 aromatic carbocycles. The van der Waals surface area contributed by atoms with E-state index in [-0.39, 0.29) is 6.10 Å². The standard InChI is InChI=1S/C9H17NO/c1-10-7-3-2-4-9(11)8(10)6-5-7/h7-9,11H,2-6H2,1H3/t7-,8-,9+/m0/s1. The van der Waals surface area contributed by atoms with E-state index >= 15 is 0 Å². The molecule has 64 valence electrons.